The molecule has 0 rings (SSSR count). The second kappa shape index (κ2) is 34.3. The Labute approximate surface area is 288 Å². The van der Waals surface area contributed by atoms with Gasteiger partial charge < -0.3 is 21.1 Å². The quantitative estimate of drug-likeness (QED) is 0.0302. The van der Waals surface area contributed by atoms with Crippen molar-refractivity contribution in [2.24, 2.45) is 5.73 Å². The van der Waals surface area contributed by atoms with Gasteiger partial charge in [-0.3, -0.25) is 13.8 Å². The molecule has 1 amide bonds. The van der Waals surface area contributed by atoms with Gasteiger partial charge in [0.25, 0.3) is 0 Å². The van der Waals surface area contributed by atoms with Gasteiger partial charge >= 0.3 is 7.82 Å². The van der Waals surface area contributed by atoms with Crippen LogP contribution in [0.2, 0.25) is 0 Å². The summed E-state index contributed by atoms with van der Waals surface area (Å²) >= 11 is 0. The van der Waals surface area contributed by atoms with E-state index < -0.39 is 20.0 Å². The predicted octanol–water partition coefficient (Wildman–Crippen LogP) is 9.77. The van der Waals surface area contributed by atoms with Crippen LogP contribution in [0.4, 0.5) is 0 Å². The molecular formula is C38H71N2O6P. The molecule has 0 saturated heterocycles. The molecule has 9 heteroatoms. The van der Waals surface area contributed by atoms with Crippen LogP contribution in [0, 0.1) is 0 Å². The topological polar surface area (TPSA) is 131 Å². The van der Waals surface area contributed by atoms with Crippen molar-refractivity contribution < 1.29 is 28.4 Å². The summed E-state index contributed by atoms with van der Waals surface area (Å²) in [4.78, 5) is 22.6. The van der Waals surface area contributed by atoms with Gasteiger partial charge in [0.15, 0.2) is 0 Å². The number of carbonyl (C=O) groups is 1. The van der Waals surface area contributed by atoms with Crippen molar-refractivity contribution >= 4 is 13.7 Å². The van der Waals surface area contributed by atoms with Crippen LogP contribution >= 0.6 is 7.82 Å². The van der Waals surface area contributed by atoms with Gasteiger partial charge in [-0.1, -0.05) is 146 Å². The maximum Gasteiger partial charge on any atom is 0.472 e. The number of phosphoric acid groups is 1. The van der Waals surface area contributed by atoms with E-state index >= 15 is 0 Å². The van der Waals surface area contributed by atoms with Crippen molar-refractivity contribution in [1.82, 2.24) is 5.32 Å². The van der Waals surface area contributed by atoms with Gasteiger partial charge in [-0.05, 0) is 51.4 Å². The Morgan fingerprint density at radius 1 is 0.723 bits per heavy atom. The number of unbranched alkanes of at least 4 members (excludes halogenated alkanes) is 14. The summed E-state index contributed by atoms with van der Waals surface area (Å²) in [5, 5.41) is 13.7. The fraction of sp³-hybridized carbons (Fsp3) is 0.763. The molecule has 0 aromatic rings. The molecule has 0 aliphatic heterocycles. The van der Waals surface area contributed by atoms with E-state index in [1.54, 1.807) is 0 Å². The van der Waals surface area contributed by atoms with E-state index in [0.717, 1.165) is 77.0 Å². The normalized spacial score (nSPS) is 14.9. The molecule has 0 saturated carbocycles. The van der Waals surface area contributed by atoms with Gasteiger partial charge in [0.2, 0.25) is 5.91 Å². The monoisotopic (exact) mass is 683 g/mol. The lowest BCUT2D eigenvalue weighted by molar-refractivity contribution is -0.123. The summed E-state index contributed by atoms with van der Waals surface area (Å²) in [6, 6.07) is -0.786. The summed E-state index contributed by atoms with van der Waals surface area (Å²) in [6.07, 6.45) is 39.7. The van der Waals surface area contributed by atoms with E-state index in [4.69, 9.17) is 14.8 Å². The highest BCUT2D eigenvalue weighted by Crippen LogP contribution is 2.43. The highest BCUT2D eigenvalue weighted by molar-refractivity contribution is 7.47. The molecule has 0 aliphatic rings. The molecule has 0 aromatic heterocycles. The van der Waals surface area contributed by atoms with Crippen molar-refractivity contribution in [3.63, 3.8) is 0 Å². The first-order valence-electron chi connectivity index (χ1n) is 18.8. The molecule has 0 spiro atoms. The zero-order valence-electron chi connectivity index (χ0n) is 30.0. The SMILES string of the molecule is CC/C=C\C/C=C\C/C=C\C/C=C\CCCCCCC(=O)NC(COP(=O)(O)OCCN)C(O)CCCCCCCCCCCCC. The smallest absolute Gasteiger partial charge is 0.391 e. The molecule has 3 unspecified atom stereocenters. The number of amides is 1. The molecule has 3 atom stereocenters. The number of hydrogen-bond acceptors (Lipinski definition) is 6. The van der Waals surface area contributed by atoms with Gasteiger partial charge in [0, 0.05) is 13.0 Å². The Morgan fingerprint density at radius 3 is 1.81 bits per heavy atom. The van der Waals surface area contributed by atoms with Crippen LogP contribution in [0.5, 0.6) is 0 Å². The van der Waals surface area contributed by atoms with Crippen molar-refractivity contribution in [2.45, 2.75) is 167 Å². The summed E-state index contributed by atoms with van der Waals surface area (Å²) in [5.74, 6) is -0.189. The number of phosphoric ester groups is 1. The largest absolute Gasteiger partial charge is 0.472 e. The van der Waals surface area contributed by atoms with Crippen LogP contribution in [0.3, 0.4) is 0 Å². The van der Waals surface area contributed by atoms with Crippen LogP contribution in [-0.2, 0) is 18.4 Å². The van der Waals surface area contributed by atoms with Crippen LogP contribution in [0.15, 0.2) is 48.6 Å². The predicted molar refractivity (Wildman–Crippen MR) is 198 cm³/mol. The van der Waals surface area contributed by atoms with Gasteiger partial charge in [-0.25, -0.2) is 4.57 Å². The number of allylic oxidation sites excluding steroid dienone is 8. The van der Waals surface area contributed by atoms with Crippen LogP contribution < -0.4 is 11.1 Å². The number of nitrogens with one attached hydrogen (secondary N) is 1. The van der Waals surface area contributed by atoms with Crippen LogP contribution in [0.1, 0.15) is 155 Å². The van der Waals surface area contributed by atoms with Crippen molar-refractivity contribution in [3.05, 3.63) is 48.6 Å². The van der Waals surface area contributed by atoms with Crippen LogP contribution in [-0.4, -0.2) is 47.8 Å². The molecule has 0 aromatic carbocycles. The Balaban J connectivity index is 4.30. The van der Waals surface area contributed by atoms with Crippen molar-refractivity contribution in [2.75, 3.05) is 19.8 Å². The molecule has 0 radical (unpaired) electrons. The van der Waals surface area contributed by atoms with E-state index in [9.17, 15) is 19.4 Å². The van der Waals surface area contributed by atoms with E-state index in [2.05, 4.69) is 67.8 Å². The highest BCUT2D eigenvalue weighted by Gasteiger charge is 2.27. The third-order valence-corrected chi connectivity index (χ3v) is 8.93. The first-order valence-corrected chi connectivity index (χ1v) is 20.2. The summed E-state index contributed by atoms with van der Waals surface area (Å²) < 4.78 is 22.1. The number of rotatable bonds is 34. The minimum Gasteiger partial charge on any atom is -0.391 e. The molecule has 8 nitrogen and oxygen atoms in total. The lowest BCUT2D eigenvalue weighted by atomic mass is 10.0. The van der Waals surface area contributed by atoms with E-state index in [1.807, 2.05) is 0 Å². The summed E-state index contributed by atoms with van der Waals surface area (Å²) in [5.41, 5.74) is 5.35. The number of hydrogen-bond donors (Lipinski definition) is 4. The Hall–Kier alpha value is -1.54. The van der Waals surface area contributed by atoms with Crippen molar-refractivity contribution in [3.8, 4) is 0 Å². The zero-order chi connectivity index (χ0) is 34.7. The first-order chi connectivity index (χ1) is 22.9. The summed E-state index contributed by atoms with van der Waals surface area (Å²) in [7, 11) is -4.31. The zero-order valence-corrected chi connectivity index (χ0v) is 30.9. The molecule has 47 heavy (non-hydrogen) atoms. The second-order valence-electron chi connectivity index (χ2n) is 12.4. The van der Waals surface area contributed by atoms with E-state index in [1.165, 1.54) is 51.4 Å². The number of carbonyl (C=O) groups excluding carboxylic acids is 1. The molecular weight excluding hydrogens is 611 g/mol. The maximum atomic E-state index is 12.7. The number of aliphatic hydroxyl groups excluding tert-OH is 1. The fourth-order valence-electron chi connectivity index (χ4n) is 5.13. The average molecular weight is 683 g/mol. The third kappa shape index (κ3) is 32.8. The van der Waals surface area contributed by atoms with Crippen LogP contribution in [0.25, 0.3) is 0 Å². The molecule has 0 bridgehead atoms. The maximum absolute atomic E-state index is 12.7. The Kier molecular flexibility index (Phi) is 33.2. The molecule has 0 aliphatic carbocycles. The Bertz CT molecular complexity index is 876. The van der Waals surface area contributed by atoms with Gasteiger partial charge in [-0.2, -0.15) is 0 Å². The molecule has 0 fully saturated rings. The first kappa shape index (κ1) is 45.5. The van der Waals surface area contributed by atoms with E-state index in [-0.39, 0.29) is 25.7 Å². The fourth-order valence-corrected chi connectivity index (χ4v) is 5.89. The lowest BCUT2D eigenvalue weighted by Crippen LogP contribution is -2.46. The Morgan fingerprint density at radius 2 is 1.23 bits per heavy atom. The molecule has 0 heterocycles. The van der Waals surface area contributed by atoms with Gasteiger partial charge in [-0.15, -0.1) is 0 Å². The summed E-state index contributed by atoms with van der Waals surface area (Å²) in [6.45, 7) is 4.04. The van der Waals surface area contributed by atoms with Gasteiger partial charge in [0.1, 0.15) is 0 Å². The van der Waals surface area contributed by atoms with E-state index in [0.29, 0.717) is 12.8 Å². The lowest BCUT2D eigenvalue weighted by Gasteiger charge is -2.25. The number of nitrogens with two attached hydrogens (primary N) is 1. The average Bonchev–Trinajstić information content (AvgIpc) is 3.05. The third-order valence-electron chi connectivity index (χ3n) is 7.95. The minimum atomic E-state index is -4.31. The second-order valence-corrected chi connectivity index (χ2v) is 13.9. The van der Waals surface area contributed by atoms with Gasteiger partial charge in [0.05, 0.1) is 25.4 Å². The minimum absolute atomic E-state index is 0.0823. The molecule has 274 valence electrons. The highest BCUT2D eigenvalue weighted by atomic mass is 31.2. The molecule has 5 N–H and O–H groups in total. The standard InChI is InChI=1S/C38H71N2O6P/c1-3-5-7-9-11-13-15-16-17-18-19-20-22-24-26-28-30-32-38(42)40-36(35-46-47(43,44)45-34-33-39)37(41)31-29-27-25-23-21-14-12-10-8-6-4-2/h5,7,11,13,16-17,19-20,36-37,41H,3-4,6,8-10,12,14-15,18,21-35,39H2,1-2H3,(H,40,42)(H,43,44)/b7-5-,13-11-,17-16-,20-19-. The van der Waals surface area contributed by atoms with Crippen molar-refractivity contribution in [1.29, 1.82) is 0 Å². The number of aliphatic hydroxyl groups is 1.